The van der Waals surface area contributed by atoms with Gasteiger partial charge in [-0.3, -0.25) is 0 Å². The van der Waals surface area contributed by atoms with E-state index >= 15 is 0 Å². The van der Waals surface area contributed by atoms with Gasteiger partial charge in [-0.2, -0.15) is 0 Å². The van der Waals surface area contributed by atoms with E-state index in [0.29, 0.717) is 18.6 Å². The first-order chi connectivity index (χ1) is 7.18. The van der Waals surface area contributed by atoms with Crippen LogP contribution in [0.15, 0.2) is 12.2 Å². The molecule has 0 aliphatic carbocycles. The van der Waals surface area contributed by atoms with Crippen LogP contribution in [0, 0.1) is 0 Å². The average Bonchev–Trinajstić information content (AvgIpc) is 2.21. The fraction of sp³-hybridized carbons (Fsp3) is 0.667. The summed E-state index contributed by atoms with van der Waals surface area (Å²) >= 11 is 0. The molecule has 0 aromatic rings. The molecule has 3 nitrogen and oxygen atoms in total. The van der Waals surface area contributed by atoms with Gasteiger partial charge >= 0.3 is 5.97 Å². The third-order valence-electron chi connectivity index (χ3n) is 2.05. The second-order valence-corrected chi connectivity index (χ2v) is 3.64. The van der Waals surface area contributed by atoms with E-state index in [1.807, 2.05) is 0 Å². The molecule has 86 valence electrons. The maximum atomic E-state index is 11.0. The van der Waals surface area contributed by atoms with Crippen LogP contribution in [-0.4, -0.2) is 18.9 Å². The molecule has 0 spiro atoms. The van der Waals surface area contributed by atoms with Gasteiger partial charge in [0.2, 0.25) is 0 Å². The van der Waals surface area contributed by atoms with E-state index < -0.39 is 0 Å². The zero-order chi connectivity index (χ0) is 11.5. The summed E-state index contributed by atoms with van der Waals surface area (Å²) in [5.74, 6) is -0.309. The van der Waals surface area contributed by atoms with Crippen molar-refractivity contribution < 1.29 is 14.3 Å². The Hall–Kier alpha value is -1.12. The largest absolute Gasteiger partial charge is 0.462 e. The number of unbranched alkanes of at least 4 members (excludes halogenated alkanes) is 5. The van der Waals surface area contributed by atoms with Crippen LogP contribution in [0.1, 0.15) is 45.4 Å². The zero-order valence-corrected chi connectivity index (χ0v) is 9.46. The maximum Gasteiger partial charge on any atom is 0.333 e. The van der Waals surface area contributed by atoms with Crippen molar-refractivity contribution in [2.75, 3.05) is 6.61 Å². The fourth-order valence-corrected chi connectivity index (χ4v) is 1.15. The highest BCUT2D eigenvalue weighted by atomic mass is 16.5. The van der Waals surface area contributed by atoms with Crippen molar-refractivity contribution in [2.45, 2.75) is 45.4 Å². The van der Waals surface area contributed by atoms with Crippen LogP contribution < -0.4 is 0 Å². The summed E-state index contributed by atoms with van der Waals surface area (Å²) in [5, 5.41) is 0. The molecule has 0 N–H and O–H groups in total. The molecule has 0 aliphatic heterocycles. The van der Waals surface area contributed by atoms with Crippen molar-refractivity contribution in [1.82, 2.24) is 0 Å². The quantitative estimate of drug-likeness (QED) is 0.255. The maximum absolute atomic E-state index is 11.0. The number of aldehydes is 1. The van der Waals surface area contributed by atoms with E-state index in [1.54, 1.807) is 6.92 Å². The number of hydrogen-bond acceptors (Lipinski definition) is 3. The Morgan fingerprint density at radius 3 is 2.40 bits per heavy atom. The average molecular weight is 212 g/mol. The smallest absolute Gasteiger partial charge is 0.333 e. The Kier molecular flexibility index (Phi) is 8.73. The van der Waals surface area contributed by atoms with E-state index in [1.165, 1.54) is 0 Å². The zero-order valence-electron chi connectivity index (χ0n) is 9.46. The lowest BCUT2D eigenvalue weighted by Crippen LogP contribution is -2.05. The summed E-state index contributed by atoms with van der Waals surface area (Å²) in [6.45, 7) is 5.61. The Balaban J connectivity index is 3.14. The Bertz CT molecular complexity index is 209. The second kappa shape index (κ2) is 9.44. The topological polar surface area (TPSA) is 43.4 Å². The van der Waals surface area contributed by atoms with Crippen LogP contribution in [0.2, 0.25) is 0 Å². The Morgan fingerprint density at radius 1 is 1.20 bits per heavy atom. The van der Waals surface area contributed by atoms with Gasteiger partial charge < -0.3 is 9.53 Å². The van der Waals surface area contributed by atoms with Crippen LogP contribution in [0.5, 0.6) is 0 Å². The fourth-order valence-electron chi connectivity index (χ4n) is 1.15. The molecule has 3 heteroatoms. The standard InChI is InChI=1S/C12H20O3/c1-11(2)12(14)15-10-8-6-4-3-5-7-9-13/h9H,1,3-8,10H2,2H3. The minimum atomic E-state index is -0.309. The molecule has 0 saturated heterocycles. The van der Waals surface area contributed by atoms with Crippen LogP contribution in [-0.2, 0) is 14.3 Å². The third kappa shape index (κ3) is 9.19. The van der Waals surface area contributed by atoms with Crippen molar-refractivity contribution >= 4 is 12.3 Å². The van der Waals surface area contributed by atoms with Crippen molar-refractivity contribution in [3.63, 3.8) is 0 Å². The van der Waals surface area contributed by atoms with Gasteiger partial charge in [-0.05, 0) is 19.8 Å². The Labute approximate surface area is 91.5 Å². The highest BCUT2D eigenvalue weighted by Crippen LogP contribution is 2.05. The van der Waals surface area contributed by atoms with E-state index in [9.17, 15) is 9.59 Å². The minimum Gasteiger partial charge on any atom is -0.462 e. The molecule has 0 atom stereocenters. The molecule has 0 radical (unpaired) electrons. The highest BCUT2D eigenvalue weighted by molar-refractivity contribution is 5.86. The molecule has 0 unspecified atom stereocenters. The first kappa shape index (κ1) is 13.9. The lowest BCUT2D eigenvalue weighted by Gasteiger charge is -2.03. The Morgan fingerprint density at radius 2 is 1.80 bits per heavy atom. The summed E-state index contributed by atoms with van der Waals surface area (Å²) in [7, 11) is 0. The predicted octanol–water partition coefficient (Wildman–Crippen LogP) is 2.65. The molecular formula is C12H20O3. The van der Waals surface area contributed by atoms with Gasteiger partial charge in [0.15, 0.2) is 0 Å². The summed E-state index contributed by atoms with van der Waals surface area (Å²) in [6.07, 6.45) is 6.68. The molecule has 0 amide bonds. The van der Waals surface area contributed by atoms with Crippen molar-refractivity contribution in [2.24, 2.45) is 0 Å². The molecule has 0 saturated carbocycles. The van der Waals surface area contributed by atoms with E-state index in [4.69, 9.17) is 4.74 Å². The summed E-state index contributed by atoms with van der Waals surface area (Å²) in [6, 6.07) is 0. The van der Waals surface area contributed by atoms with Crippen molar-refractivity contribution in [3.8, 4) is 0 Å². The molecule has 0 rings (SSSR count). The van der Waals surface area contributed by atoms with Crippen LogP contribution in [0.3, 0.4) is 0 Å². The first-order valence-electron chi connectivity index (χ1n) is 5.44. The molecule has 0 aliphatic rings. The molecule has 0 bridgehead atoms. The van der Waals surface area contributed by atoms with Gasteiger partial charge in [-0.15, -0.1) is 0 Å². The number of hydrogen-bond donors (Lipinski definition) is 0. The predicted molar refractivity (Wildman–Crippen MR) is 59.5 cm³/mol. The van der Waals surface area contributed by atoms with Gasteiger partial charge in [0.05, 0.1) is 6.61 Å². The van der Waals surface area contributed by atoms with Gasteiger partial charge in [0.25, 0.3) is 0 Å². The van der Waals surface area contributed by atoms with Crippen LogP contribution in [0.4, 0.5) is 0 Å². The summed E-state index contributed by atoms with van der Waals surface area (Å²) < 4.78 is 4.94. The summed E-state index contributed by atoms with van der Waals surface area (Å²) in [4.78, 5) is 21.0. The molecule has 15 heavy (non-hydrogen) atoms. The number of rotatable bonds is 9. The van der Waals surface area contributed by atoms with Gasteiger partial charge in [0, 0.05) is 12.0 Å². The minimum absolute atomic E-state index is 0.309. The van der Waals surface area contributed by atoms with Crippen molar-refractivity contribution in [1.29, 1.82) is 0 Å². The number of esters is 1. The lowest BCUT2D eigenvalue weighted by molar-refractivity contribution is -0.139. The van der Waals surface area contributed by atoms with Gasteiger partial charge in [-0.1, -0.05) is 25.8 Å². The lowest BCUT2D eigenvalue weighted by atomic mass is 10.1. The van der Waals surface area contributed by atoms with Crippen molar-refractivity contribution in [3.05, 3.63) is 12.2 Å². The molecule has 0 fully saturated rings. The number of ether oxygens (including phenoxy) is 1. The molecular weight excluding hydrogens is 192 g/mol. The van der Waals surface area contributed by atoms with Gasteiger partial charge in [0.1, 0.15) is 6.29 Å². The van der Waals surface area contributed by atoms with E-state index in [2.05, 4.69) is 6.58 Å². The number of carbonyl (C=O) groups excluding carboxylic acids is 2. The third-order valence-corrected chi connectivity index (χ3v) is 2.05. The normalized spacial score (nSPS) is 9.67. The van der Waals surface area contributed by atoms with E-state index in [-0.39, 0.29) is 5.97 Å². The van der Waals surface area contributed by atoms with Gasteiger partial charge in [-0.25, -0.2) is 4.79 Å². The SMILES string of the molecule is C=C(C)C(=O)OCCCCCCCC=O. The van der Waals surface area contributed by atoms with Crippen LogP contribution >= 0.6 is 0 Å². The monoisotopic (exact) mass is 212 g/mol. The second-order valence-electron chi connectivity index (χ2n) is 3.64. The number of carbonyl (C=O) groups is 2. The molecule has 0 aromatic heterocycles. The van der Waals surface area contributed by atoms with Crippen LogP contribution in [0.25, 0.3) is 0 Å². The highest BCUT2D eigenvalue weighted by Gasteiger charge is 2.01. The molecule has 0 heterocycles. The van der Waals surface area contributed by atoms with E-state index in [0.717, 1.165) is 38.4 Å². The summed E-state index contributed by atoms with van der Waals surface area (Å²) in [5.41, 5.74) is 0.445. The first-order valence-corrected chi connectivity index (χ1v) is 5.44. The molecule has 0 aromatic carbocycles.